The molecule has 1 aromatic heterocycles. The van der Waals surface area contributed by atoms with Crippen molar-refractivity contribution in [3.8, 4) is 11.3 Å². The number of rotatable bonds is 9. The zero-order chi connectivity index (χ0) is 19.8. The van der Waals surface area contributed by atoms with E-state index in [2.05, 4.69) is 5.16 Å². The molecule has 29 heavy (non-hydrogen) atoms. The Morgan fingerprint density at radius 3 is 2.66 bits per heavy atom. The van der Waals surface area contributed by atoms with Gasteiger partial charge in [-0.05, 0) is 31.6 Å². The molecule has 160 valence electrons. The molecule has 1 aliphatic heterocycles. The minimum Gasteiger partial charge on any atom is -0.381 e. The molecule has 7 heteroatoms. The topological polar surface area (TPSA) is 81.6 Å². The van der Waals surface area contributed by atoms with Crippen LogP contribution in [0.1, 0.15) is 37.9 Å². The van der Waals surface area contributed by atoms with Crippen molar-refractivity contribution in [2.75, 3.05) is 26.8 Å². The molecule has 2 aromatic rings. The fourth-order valence-electron chi connectivity index (χ4n) is 3.64. The number of aryl methyl sites for hydroxylation is 1. The van der Waals surface area contributed by atoms with E-state index in [0.717, 1.165) is 62.1 Å². The van der Waals surface area contributed by atoms with Crippen LogP contribution >= 0.6 is 12.4 Å². The first kappa shape index (κ1) is 23.4. The Labute approximate surface area is 179 Å². The number of amides is 1. The number of halogens is 1. The monoisotopic (exact) mass is 421 g/mol. The van der Waals surface area contributed by atoms with E-state index in [9.17, 15) is 4.79 Å². The predicted molar refractivity (Wildman–Crippen MR) is 116 cm³/mol. The minimum absolute atomic E-state index is 0. The van der Waals surface area contributed by atoms with E-state index in [0.29, 0.717) is 13.2 Å². The molecule has 0 bridgehead atoms. The molecule has 0 saturated carbocycles. The number of likely N-dealkylation sites (N-methyl/N-ethyl adjacent to an activating group) is 1. The van der Waals surface area contributed by atoms with Crippen LogP contribution in [-0.2, 0) is 16.0 Å². The van der Waals surface area contributed by atoms with Crippen LogP contribution in [0.25, 0.3) is 11.3 Å². The number of aromatic nitrogens is 1. The summed E-state index contributed by atoms with van der Waals surface area (Å²) in [5, 5.41) is 4.15. The lowest BCUT2D eigenvalue weighted by atomic mass is 9.91. The molecule has 2 N–H and O–H groups in total. The average molecular weight is 422 g/mol. The number of nitrogens with zero attached hydrogens (tertiary/aromatic N) is 2. The first-order valence-corrected chi connectivity index (χ1v) is 10.2. The van der Waals surface area contributed by atoms with E-state index in [-0.39, 0.29) is 24.2 Å². The van der Waals surface area contributed by atoms with Gasteiger partial charge in [-0.2, -0.15) is 0 Å². The zero-order valence-electron chi connectivity index (χ0n) is 17.1. The molecular formula is C22H32ClN3O3. The summed E-state index contributed by atoms with van der Waals surface area (Å²) in [4.78, 5) is 14.3. The Morgan fingerprint density at radius 2 is 1.93 bits per heavy atom. The van der Waals surface area contributed by atoms with Crippen molar-refractivity contribution >= 4 is 18.3 Å². The molecule has 1 fully saturated rings. The number of hydrogen-bond donors (Lipinski definition) is 1. The third-order valence-corrected chi connectivity index (χ3v) is 5.48. The molecule has 1 atom stereocenters. The van der Waals surface area contributed by atoms with Crippen LogP contribution in [0, 0.1) is 5.92 Å². The van der Waals surface area contributed by atoms with Gasteiger partial charge >= 0.3 is 0 Å². The summed E-state index contributed by atoms with van der Waals surface area (Å²) in [6.07, 6.45) is 5.62. The molecule has 1 aromatic carbocycles. The maximum atomic E-state index is 12.5. The van der Waals surface area contributed by atoms with Crippen molar-refractivity contribution in [1.29, 1.82) is 0 Å². The van der Waals surface area contributed by atoms with E-state index in [1.807, 2.05) is 43.4 Å². The quantitative estimate of drug-likeness (QED) is 0.624. The Bertz CT molecular complexity index is 732. The molecule has 2 heterocycles. The third kappa shape index (κ3) is 6.84. The van der Waals surface area contributed by atoms with Gasteiger partial charge in [0.2, 0.25) is 5.91 Å². The normalized spacial score (nSPS) is 15.5. The summed E-state index contributed by atoms with van der Waals surface area (Å²) >= 11 is 0. The number of ether oxygens (including phenoxy) is 1. The second-order valence-electron chi connectivity index (χ2n) is 7.59. The molecule has 3 rings (SSSR count). The first-order valence-electron chi connectivity index (χ1n) is 10.2. The fourth-order valence-corrected chi connectivity index (χ4v) is 3.64. The summed E-state index contributed by atoms with van der Waals surface area (Å²) in [6.45, 7) is 2.16. The van der Waals surface area contributed by atoms with Crippen molar-refractivity contribution in [1.82, 2.24) is 10.1 Å². The van der Waals surface area contributed by atoms with Crippen molar-refractivity contribution in [3.63, 3.8) is 0 Å². The molecule has 0 spiro atoms. The largest absolute Gasteiger partial charge is 0.381 e. The Balaban J connectivity index is 0.00000300. The Hall–Kier alpha value is -1.89. The van der Waals surface area contributed by atoms with Crippen LogP contribution in [0.2, 0.25) is 0 Å². The first-order chi connectivity index (χ1) is 13.6. The SMILES string of the molecule is CN(CCCCCc1cc(-c2ccccc2)no1)C(=O)C(N)C1CCOCC1.Cl. The molecule has 0 aliphatic carbocycles. The van der Waals surface area contributed by atoms with E-state index < -0.39 is 6.04 Å². The van der Waals surface area contributed by atoms with Crippen LogP contribution < -0.4 is 5.73 Å². The fraction of sp³-hybridized carbons (Fsp3) is 0.545. The van der Waals surface area contributed by atoms with E-state index >= 15 is 0 Å². The van der Waals surface area contributed by atoms with Gasteiger partial charge in [-0.25, -0.2) is 0 Å². The summed E-state index contributed by atoms with van der Waals surface area (Å²) in [5.41, 5.74) is 8.13. The summed E-state index contributed by atoms with van der Waals surface area (Å²) in [5.74, 6) is 1.20. The third-order valence-electron chi connectivity index (χ3n) is 5.48. The van der Waals surface area contributed by atoms with E-state index in [4.69, 9.17) is 15.0 Å². The summed E-state index contributed by atoms with van der Waals surface area (Å²) < 4.78 is 10.8. The van der Waals surface area contributed by atoms with Crippen molar-refractivity contribution in [2.24, 2.45) is 11.7 Å². The lowest BCUT2D eigenvalue weighted by molar-refractivity contribution is -0.133. The van der Waals surface area contributed by atoms with Crippen LogP contribution in [0.3, 0.4) is 0 Å². The smallest absolute Gasteiger partial charge is 0.239 e. The van der Waals surface area contributed by atoms with Gasteiger partial charge in [-0.15, -0.1) is 12.4 Å². The second-order valence-corrected chi connectivity index (χ2v) is 7.59. The molecule has 0 radical (unpaired) electrons. The maximum absolute atomic E-state index is 12.5. The van der Waals surface area contributed by atoms with Gasteiger partial charge in [0.05, 0.1) is 6.04 Å². The van der Waals surface area contributed by atoms with Crippen LogP contribution in [0.5, 0.6) is 0 Å². The summed E-state index contributed by atoms with van der Waals surface area (Å²) in [7, 11) is 1.85. The standard InChI is InChI=1S/C22H31N3O3.ClH/c1-25(22(26)21(23)18-11-14-27-15-12-18)13-7-3-6-10-19-16-20(24-28-19)17-8-4-2-5-9-17;/h2,4-5,8-9,16,18,21H,3,6-7,10-15,23H2,1H3;1H. The molecular weight excluding hydrogens is 390 g/mol. The zero-order valence-corrected chi connectivity index (χ0v) is 17.9. The second kappa shape index (κ2) is 12.0. The number of nitrogens with two attached hydrogens (primary N) is 1. The molecule has 6 nitrogen and oxygen atoms in total. The highest BCUT2D eigenvalue weighted by Gasteiger charge is 2.28. The van der Waals surface area contributed by atoms with Gasteiger partial charge < -0.3 is 19.9 Å². The van der Waals surface area contributed by atoms with E-state index in [1.54, 1.807) is 4.90 Å². The lowest BCUT2D eigenvalue weighted by Crippen LogP contribution is -2.47. The Morgan fingerprint density at radius 1 is 1.21 bits per heavy atom. The number of hydrogen-bond acceptors (Lipinski definition) is 5. The number of carbonyl (C=O) groups excluding carboxylic acids is 1. The van der Waals surface area contributed by atoms with E-state index in [1.165, 1.54) is 0 Å². The number of carbonyl (C=O) groups is 1. The number of unbranched alkanes of at least 4 members (excludes halogenated alkanes) is 2. The van der Waals surface area contributed by atoms with Crippen molar-refractivity contribution < 1.29 is 14.1 Å². The molecule has 1 amide bonds. The van der Waals surface area contributed by atoms with Gasteiger partial charge in [-0.3, -0.25) is 4.79 Å². The van der Waals surface area contributed by atoms with Gasteiger partial charge in [0.1, 0.15) is 11.5 Å². The molecule has 1 unspecified atom stereocenters. The highest BCUT2D eigenvalue weighted by molar-refractivity contribution is 5.85. The predicted octanol–water partition coefficient (Wildman–Crippen LogP) is 3.69. The maximum Gasteiger partial charge on any atom is 0.239 e. The average Bonchev–Trinajstić information content (AvgIpc) is 3.22. The molecule has 1 aliphatic rings. The van der Waals surface area contributed by atoms with Gasteiger partial charge in [0, 0.05) is 44.9 Å². The minimum atomic E-state index is -0.403. The number of benzene rings is 1. The van der Waals surface area contributed by atoms with Gasteiger partial charge in [0.15, 0.2) is 0 Å². The van der Waals surface area contributed by atoms with Crippen LogP contribution in [0.4, 0.5) is 0 Å². The van der Waals surface area contributed by atoms with Crippen molar-refractivity contribution in [3.05, 3.63) is 42.2 Å². The van der Waals surface area contributed by atoms with Gasteiger partial charge in [-0.1, -0.05) is 41.9 Å². The van der Waals surface area contributed by atoms with Crippen LogP contribution in [0.15, 0.2) is 40.9 Å². The molecule has 1 saturated heterocycles. The van der Waals surface area contributed by atoms with Gasteiger partial charge in [0.25, 0.3) is 0 Å². The van der Waals surface area contributed by atoms with Crippen LogP contribution in [-0.4, -0.2) is 48.8 Å². The Kier molecular flexibility index (Phi) is 9.64. The highest BCUT2D eigenvalue weighted by Crippen LogP contribution is 2.20. The lowest BCUT2D eigenvalue weighted by Gasteiger charge is -2.29. The summed E-state index contributed by atoms with van der Waals surface area (Å²) in [6, 6.07) is 11.6. The highest BCUT2D eigenvalue weighted by atomic mass is 35.5. The van der Waals surface area contributed by atoms with Crippen molar-refractivity contribution in [2.45, 2.75) is 44.6 Å².